The van der Waals surface area contributed by atoms with Gasteiger partial charge in [0, 0.05) is 17.8 Å². The van der Waals surface area contributed by atoms with E-state index in [1.807, 2.05) is 19.1 Å². The van der Waals surface area contributed by atoms with Gasteiger partial charge in [-0.3, -0.25) is 10.1 Å². The summed E-state index contributed by atoms with van der Waals surface area (Å²) < 4.78 is 0. The number of benzene rings is 2. The van der Waals surface area contributed by atoms with E-state index in [2.05, 4.69) is 31.3 Å². The third-order valence-electron chi connectivity index (χ3n) is 3.52. The van der Waals surface area contributed by atoms with E-state index in [1.165, 1.54) is 17.2 Å². The Kier molecular flexibility index (Phi) is 4.48. The average Bonchev–Trinajstić information content (AvgIpc) is 2.42. The number of rotatable bonds is 4. The van der Waals surface area contributed by atoms with E-state index < -0.39 is 4.92 Å². The average molecular weight is 305 g/mol. The maximum absolute atomic E-state index is 10.9. The van der Waals surface area contributed by atoms with Gasteiger partial charge in [-0.25, -0.2) is 0 Å². The smallest absolute Gasteiger partial charge is 0.288 e. The van der Waals surface area contributed by atoms with Crippen LogP contribution >= 0.6 is 11.6 Å². The summed E-state index contributed by atoms with van der Waals surface area (Å²) in [4.78, 5) is 10.4. The quantitative estimate of drug-likeness (QED) is 0.636. The molecule has 1 atom stereocenters. The SMILES string of the molecule is Cc1cc([N+](=O)[O-])c(Cl)cc1NC(C)c1ccccc1C. The van der Waals surface area contributed by atoms with Crippen LogP contribution in [0.4, 0.5) is 11.4 Å². The van der Waals surface area contributed by atoms with Crippen molar-refractivity contribution >= 4 is 23.0 Å². The fourth-order valence-electron chi connectivity index (χ4n) is 2.35. The number of nitro benzene ring substituents is 1. The first-order valence-corrected chi connectivity index (χ1v) is 7.04. The maximum Gasteiger partial charge on any atom is 0.288 e. The van der Waals surface area contributed by atoms with E-state index in [-0.39, 0.29) is 16.8 Å². The second kappa shape index (κ2) is 6.14. The number of hydrogen-bond acceptors (Lipinski definition) is 3. The van der Waals surface area contributed by atoms with E-state index in [0.29, 0.717) is 0 Å². The standard InChI is InChI=1S/C16H17ClN2O2/c1-10-6-4-5-7-13(10)12(3)18-15-9-14(17)16(19(20)21)8-11(15)2/h4-9,12,18H,1-3H3. The summed E-state index contributed by atoms with van der Waals surface area (Å²) in [6.45, 7) is 5.94. The lowest BCUT2D eigenvalue weighted by atomic mass is 10.0. The minimum absolute atomic E-state index is 0.0664. The van der Waals surface area contributed by atoms with Crippen molar-refractivity contribution in [3.8, 4) is 0 Å². The van der Waals surface area contributed by atoms with Gasteiger partial charge >= 0.3 is 0 Å². The first-order valence-electron chi connectivity index (χ1n) is 6.66. The molecule has 1 N–H and O–H groups in total. The fourth-order valence-corrected chi connectivity index (χ4v) is 2.58. The van der Waals surface area contributed by atoms with Gasteiger partial charge in [-0.2, -0.15) is 0 Å². The predicted octanol–water partition coefficient (Wildman–Crippen LogP) is 5.04. The Bertz CT molecular complexity index is 686. The largest absolute Gasteiger partial charge is 0.378 e. The van der Waals surface area contributed by atoms with Gasteiger partial charge in [0.25, 0.3) is 5.69 Å². The molecule has 1 unspecified atom stereocenters. The van der Waals surface area contributed by atoms with Crippen molar-refractivity contribution in [3.63, 3.8) is 0 Å². The normalized spacial score (nSPS) is 12.0. The first-order chi connectivity index (χ1) is 9.90. The number of nitrogens with zero attached hydrogens (tertiary/aromatic N) is 1. The number of halogens is 1. The topological polar surface area (TPSA) is 55.2 Å². The van der Waals surface area contributed by atoms with Crippen LogP contribution in [0.1, 0.15) is 29.7 Å². The molecule has 0 aliphatic rings. The molecule has 110 valence electrons. The number of aryl methyl sites for hydroxylation is 2. The van der Waals surface area contributed by atoms with Crippen LogP contribution in [0.2, 0.25) is 5.02 Å². The Morgan fingerprint density at radius 2 is 1.86 bits per heavy atom. The lowest BCUT2D eigenvalue weighted by Gasteiger charge is -2.19. The van der Waals surface area contributed by atoms with Gasteiger partial charge in [0.1, 0.15) is 5.02 Å². The van der Waals surface area contributed by atoms with Gasteiger partial charge in [-0.15, -0.1) is 0 Å². The van der Waals surface area contributed by atoms with Crippen molar-refractivity contribution in [2.45, 2.75) is 26.8 Å². The van der Waals surface area contributed by atoms with Crippen LogP contribution in [0, 0.1) is 24.0 Å². The summed E-state index contributed by atoms with van der Waals surface area (Å²) in [7, 11) is 0. The van der Waals surface area contributed by atoms with Crippen molar-refractivity contribution in [1.29, 1.82) is 0 Å². The third-order valence-corrected chi connectivity index (χ3v) is 3.82. The summed E-state index contributed by atoms with van der Waals surface area (Å²) >= 11 is 5.98. The van der Waals surface area contributed by atoms with E-state index >= 15 is 0 Å². The molecule has 0 heterocycles. The van der Waals surface area contributed by atoms with Crippen molar-refractivity contribution < 1.29 is 4.92 Å². The molecule has 0 fully saturated rings. The Morgan fingerprint density at radius 1 is 1.19 bits per heavy atom. The van der Waals surface area contributed by atoms with Crippen molar-refractivity contribution in [2.24, 2.45) is 0 Å². The third kappa shape index (κ3) is 3.34. The molecule has 2 aromatic carbocycles. The lowest BCUT2D eigenvalue weighted by molar-refractivity contribution is -0.384. The zero-order valence-corrected chi connectivity index (χ0v) is 12.9. The molecular formula is C16H17ClN2O2. The highest BCUT2D eigenvalue weighted by Gasteiger charge is 2.16. The van der Waals surface area contributed by atoms with Crippen molar-refractivity contribution in [3.05, 3.63) is 68.2 Å². The summed E-state index contributed by atoms with van der Waals surface area (Å²) in [6, 6.07) is 11.3. The van der Waals surface area contributed by atoms with Crippen LogP contribution in [0.25, 0.3) is 0 Å². The van der Waals surface area contributed by atoms with Crippen LogP contribution in [0.5, 0.6) is 0 Å². The van der Waals surface area contributed by atoms with Crippen LogP contribution in [0.3, 0.4) is 0 Å². The molecule has 2 rings (SSSR count). The molecule has 0 saturated heterocycles. The summed E-state index contributed by atoms with van der Waals surface area (Å²) in [5, 5.41) is 14.4. The van der Waals surface area contributed by atoms with Gasteiger partial charge in [0.2, 0.25) is 0 Å². The number of hydrogen-bond donors (Lipinski definition) is 1. The van der Waals surface area contributed by atoms with E-state index in [0.717, 1.165) is 11.3 Å². The first kappa shape index (κ1) is 15.3. The number of anilines is 1. The van der Waals surface area contributed by atoms with Gasteiger partial charge < -0.3 is 5.32 Å². The summed E-state index contributed by atoms with van der Waals surface area (Å²) in [6.07, 6.45) is 0. The molecule has 0 radical (unpaired) electrons. The Balaban J connectivity index is 2.30. The number of nitro groups is 1. The van der Waals surface area contributed by atoms with Crippen LogP contribution in [-0.2, 0) is 0 Å². The lowest BCUT2D eigenvalue weighted by Crippen LogP contribution is -2.09. The highest BCUT2D eigenvalue weighted by Crippen LogP contribution is 2.32. The molecule has 0 saturated carbocycles. The molecule has 0 aliphatic heterocycles. The zero-order chi connectivity index (χ0) is 15.6. The van der Waals surface area contributed by atoms with Crippen LogP contribution in [0.15, 0.2) is 36.4 Å². The summed E-state index contributed by atoms with van der Waals surface area (Å²) in [5.41, 5.74) is 3.92. The molecular weight excluding hydrogens is 288 g/mol. The fraction of sp³-hybridized carbons (Fsp3) is 0.250. The van der Waals surface area contributed by atoms with Gasteiger partial charge in [-0.05, 0) is 43.5 Å². The maximum atomic E-state index is 10.9. The van der Waals surface area contributed by atoms with E-state index in [9.17, 15) is 10.1 Å². The van der Waals surface area contributed by atoms with Crippen LogP contribution < -0.4 is 5.32 Å². The molecule has 0 spiro atoms. The second-order valence-electron chi connectivity index (χ2n) is 5.10. The van der Waals surface area contributed by atoms with Crippen molar-refractivity contribution in [1.82, 2.24) is 0 Å². The molecule has 0 aliphatic carbocycles. The Morgan fingerprint density at radius 3 is 2.48 bits per heavy atom. The molecule has 0 bridgehead atoms. The highest BCUT2D eigenvalue weighted by atomic mass is 35.5. The minimum Gasteiger partial charge on any atom is -0.378 e. The highest BCUT2D eigenvalue weighted by molar-refractivity contribution is 6.33. The minimum atomic E-state index is -0.468. The van der Waals surface area contributed by atoms with Gasteiger partial charge in [0.15, 0.2) is 0 Å². The van der Waals surface area contributed by atoms with Crippen LogP contribution in [-0.4, -0.2) is 4.92 Å². The molecule has 5 heteroatoms. The Labute approximate surface area is 128 Å². The van der Waals surface area contributed by atoms with Gasteiger partial charge in [-0.1, -0.05) is 35.9 Å². The predicted molar refractivity (Wildman–Crippen MR) is 86.1 cm³/mol. The summed E-state index contributed by atoms with van der Waals surface area (Å²) in [5.74, 6) is 0. The monoisotopic (exact) mass is 304 g/mol. The molecule has 0 aromatic heterocycles. The molecule has 2 aromatic rings. The van der Waals surface area contributed by atoms with Crippen molar-refractivity contribution in [2.75, 3.05) is 5.32 Å². The molecule has 4 nitrogen and oxygen atoms in total. The Hall–Kier alpha value is -2.07. The zero-order valence-electron chi connectivity index (χ0n) is 12.2. The van der Waals surface area contributed by atoms with Gasteiger partial charge in [0.05, 0.1) is 4.92 Å². The number of nitrogens with one attached hydrogen (secondary N) is 1. The molecule has 0 amide bonds. The second-order valence-corrected chi connectivity index (χ2v) is 5.51. The molecule has 21 heavy (non-hydrogen) atoms. The van der Waals surface area contributed by atoms with E-state index in [1.54, 1.807) is 6.07 Å². The van der Waals surface area contributed by atoms with E-state index in [4.69, 9.17) is 11.6 Å².